The minimum absolute atomic E-state index is 0.327. The zero-order valence-corrected chi connectivity index (χ0v) is 12.9. The molecule has 0 radical (unpaired) electrons. The Morgan fingerprint density at radius 1 is 1.20 bits per heavy atom. The van der Waals surface area contributed by atoms with E-state index >= 15 is 0 Å². The molecule has 1 atom stereocenters. The predicted octanol–water partition coefficient (Wildman–Crippen LogP) is 1.32. The van der Waals surface area contributed by atoms with Crippen molar-refractivity contribution in [1.82, 2.24) is 15.1 Å². The Morgan fingerprint density at radius 2 is 1.90 bits per heavy atom. The zero-order valence-electron chi connectivity index (χ0n) is 12.9. The number of amides is 1. The summed E-state index contributed by atoms with van der Waals surface area (Å²) < 4.78 is 0. The number of likely N-dealkylation sites (tertiary alicyclic amines) is 2. The molecule has 0 aromatic rings. The third kappa shape index (κ3) is 3.17. The molecule has 0 aromatic heterocycles. The smallest absolute Gasteiger partial charge is 0.222 e. The number of hydrogen-bond donors (Lipinski definition) is 1. The van der Waals surface area contributed by atoms with Gasteiger partial charge in [-0.15, -0.1) is 0 Å². The summed E-state index contributed by atoms with van der Waals surface area (Å²) in [5.74, 6) is 1.02. The Hall–Kier alpha value is -0.610. The van der Waals surface area contributed by atoms with Crippen LogP contribution in [-0.2, 0) is 4.79 Å². The molecule has 0 aromatic carbocycles. The van der Waals surface area contributed by atoms with Crippen LogP contribution in [0.4, 0.5) is 0 Å². The van der Waals surface area contributed by atoms with Gasteiger partial charge in [-0.25, -0.2) is 0 Å². The van der Waals surface area contributed by atoms with Gasteiger partial charge in [0.15, 0.2) is 0 Å². The molecular formula is C16H29N3O. The first-order valence-corrected chi connectivity index (χ1v) is 8.34. The Bertz CT molecular complexity index is 342. The van der Waals surface area contributed by atoms with Crippen molar-refractivity contribution in [2.45, 2.75) is 38.5 Å². The molecule has 3 heterocycles. The third-order valence-corrected chi connectivity index (χ3v) is 5.82. The van der Waals surface area contributed by atoms with Gasteiger partial charge >= 0.3 is 0 Å². The summed E-state index contributed by atoms with van der Waals surface area (Å²) in [6, 6.07) is 0. The first-order chi connectivity index (χ1) is 9.67. The molecule has 114 valence electrons. The van der Waals surface area contributed by atoms with E-state index in [4.69, 9.17) is 0 Å². The molecule has 3 rings (SSSR count). The second kappa shape index (κ2) is 6.02. The largest absolute Gasteiger partial charge is 0.345 e. The topological polar surface area (TPSA) is 35.6 Å². The minimum Gasteiger partial charge on any atom is -0.345 e. The van der Waals surface area contributed by atoms with E-state index in [0.717, 1.165) is 19.4 Å². The Balaban J connectivity index is 1.45. The average Bonchev–Trinajstić information content (AvgIpc) is 2.47. The number of carbonyl (C=O) groups excluding carboxylic acids is 1. The normalized spacial score (nSPS) is 31.8. The van der Waals surface area contributed by atoms with Crippen LogP contribution in [0.5, 0.6) is 0 Å². The first-order valence-electron chi connectivity index (χ1n) is 8.34. The Morgan fingerprint density at radius 3 is 2.55 bits per heavy atom. The van der Waals surface area contributed by atoms with Crippen LogP contribution in [-0.4, -0.2) is 62.0 Å². The molecule has 0 bridgehead atoms. The van der Waals surface area contributed by atoms with E-state index in [1.54, 1.807) is 0 Å². The predicted molar refractivity (Wildman–Crippen MR) is 80.6 cm³/mol. The molecule has 1 N–H and O–H groups in total. The summed E-state index contributed by atoms with van der Waals surface area (Å²) in [6.07, 6.45) is 7.37. The van der Waals surface area contributed by atoms with Gasteiger partial charge in [0.25, 0.3) is 0 Å². The van der Waals surface area contributed by atoms with Crippen molar-refractivity contribution in [1.29, 1.82) is 0 Å². The molecule has 20 heavy (non-hydrogen) atoms. The summed E-state index contributed by atoms with van der Waals surface area (Å²) in [4.78, 5) is 16.1. The molecule has 3 aliphatic rings. The van der Waals surface area contributed by atoms with Crippen LogP contribution in [0, 0.1) is 11.3 Å². The van der Waals surface area contributed by atoms with Gasteiger partial charge < -0.3 is 15.1 Å². The highest BCUT2D eigenvalue weighted by atomic mass is 16.2. The highest BCUT2D eigenvalue weighted by Gasteiger charge is 2.36. The first kappa shape index (κ1) is 14.3. The van der Waals surface area contributed by atoms with Crippen molar-refractivity contribution in [2.75, 3.05) is 46.3 Å². The molecule has 0 aliphatic carbocycles. The average molecular weight is 279 g/mol. The Labute approximate surface area is 122 Å². The number of nitrogens with one attached hydrogen (secondary N) is 1. The molecule has 1 spiro atoms. The number of carbonyl (C=O) groups is 1. The fourth-order valence-electron chi connectivity index (χ4n) is 4.28. The fourth-order valence-corrected chi connectivity index (χ4v) is 4.28. The SMILES string of the molecule is CN1CC(CN2CCC3(CCNCC3)CC2)CCC1=O. The standard InChI is InChI=1S/C16H29N3O/c1-18-12-14(2-3-15(18)20)13-19-10-6-16(7-11-19)4-8-17-9-5-16/h14,17H,2-13H2,1H3. The number of nitrogens with zero attached hydrogens (tertiary/aromatic N) is 2. The number of piperidine rings is 3. The van der Waals surface area contributed by atoms with Crippen molar-refractivity contribution >= 4 is 5.91 Å². The summed E-state index contributed by atoms with van der Waals surface area (Å²) in [5, 5.41) is 3.49. The highest BCUT2D eigenvalue weighted by Crippen LogP contribution is 2.39. The van der Waals surface area contributed by atoms with Gasteiger partial charge in [0.2, 0.25) is 5.91 Å². The van der Waals surface area contributed by atoms with E-state index in [9.17, 15) is 4.79 Å². The zero-order chi connectivity index (χ0) is 14.0. The van der Waals surface area contributed by atoms with Crippen molar-refractivity contribution in [2.24, 2.45) is 11.3 Å². The van der Waals surface area contributed by atoms with E-state index < -0.39 is 0 Å². The molecule has 4 heteroatoms. The summed E-state index contributed by atoms with van der Waals surface area (Å²) in [6.45, 7) is 7.14. The van der Waals surface area contributed by atoms with Crippen molar-refractivity contribution in [3.05, 3.63) is 0 Å². The minimum atomic E-state index is 0.327. The molecule has 3 fully saturated rings. The molecular weight excluding hydrogens is 250 g/mol. The van der Waals surface area contributed by atoms with E-state index in [1.807, 2.05) is 11.9 Å². The maximum Gasteiger partial charge on any atom is 0.222 e. The van der Waals surface area contributed by atoms with Crippen LogP contribution in [0.3, 0.4) is 0 Å². The van der Waals surface area contributed by atoms with Crippen LogP contribution in [0.15, 0.2) is 0 Å². The van der Waals surface area contributed by atoms with Crippen molar-refractivity contribution < 1.29 is 4.79 Å². The third-order valence-electron chi connectivity index (χ3n) is 5.82. The van der Waals surface area contributed by atoms with Gasteiger partial charge in [-0.2, -0.15) is 0 Å². The van der Waals surface area contributed by atoms with Gasteiger partial charge in [-0.3, -0.25) is 4.79 Å². The summed E-state index contributed by atoms with van der Waals surface area (Å²) in [7, 11) is 1.95. The van der Waals surface area contributed by atoms with Gasteiger partial charge in [0.05, 0.1) is 0 Å². The lowest BCUT2D eigenvalue weighted by Crippen LogP contribution is -2.48. The number of rotatable bonds is 2. The van der Waals surface area contributed by atoms with Crippen molar-refractivity contribution in [3.63, 3.8) is 0 Å². The second-order valence-corrected chi connectivity index (χ2v) is 7.23. The lowest BCUT2D eigenvalue weighted by atomic mass is 9.71. The van der Waals surface area contributed by atoms with Crippen LogP contribution in [0.1, 0.15) is 38.5 Å². The molecule has 0 saturated carbocycles. The summed E-state index contributed by atoms with van der Waals surface area (Å²) in [5.41, 5.74) is 0.654. The van der Waals surface area contributed by atoms with E-state index in [-0.39, 0.29) is 0 Å². The fraction of sp³-hybridized carbons (Fsp3) is 0.938. The maximum atomic E-state index is 11.5. The van der Waals surface area contributed by atoms with Gasteiger partial charge in [-0.1, -0.05) is 0 Å². The second-order valence-electron chi connectivity index (χ2n) is 7.23. The molecule has 3 saturated heterocycles. The van der Waals surface area contributed by atoms with Gasteiger partial charge in [-0.05, 0) is 69.6 Å². The molecule has 1 amide bonds. The summed E-state index contributed by atoms with van der Waals surface area (Å²) >= 11 is 0. The molecule has 1 unspecified atom stereocenters. The van der Waals surface area contributed by atoms with E-state index in [1.165, 1.54) is 58.4 Å². The quantitative estimate of drug-likeness (QED) is 0.828. The lowest BCUT2D eigenvalue weighted by molar-refractivity contribution is -0.133. The lowest BCUT2D eigenvalue weighted by Gasteiger charge is -2.45. The van der Waals surface area contributed by atoms with E-state index in [0.29, 0.717) is 17.2 Å². The van der Waals surface area contributed by atoms with Crippen LogP contribution in [0.25, 0.3) is 0 Å². The van der Waals surface area contributed by atoms with Crippen LogP contribution in [0.2, 0.25) is 0 Å². The van der Waals surface area contributed by atoms with Crippen LogP contribution >= 0.6 is 0 Å². The molecule has 4 nitrogen and oxygen atoms in total. The van der Waals surface area contributed by atoms with Crippen molar-refractivity contribution in [3.8, 4) is 0 Å². The van der Waals surface area contributed by atoms with Crippen LogP contribution < -0.4 is 5.32 Å². The van der Waals surface area contributed by atoms with Gasteiger partial charge in [0.1, 0.15) is 0 Å². The van der Waals surface area contributed by atoms with Gasteiger partial charge in [0, 0.05) is 26.6 Å². The van der Waals surface area contributed by atoms with E-state index in [2.05, 4.69) is 10.2 Å². The highest BCUT2D eigenvalue weighted by molar-refractivity contribution is 5.76. The maximum absolute atomic E-state index is 11.5. The number of hydrogen-bond acceptors (Lipinski definition) is 3. The Kier molecular flexibility index (Phi) is 4.32. The monoisotopic (exact) mass is 279 g/mol. The molecule has 3 aliphatic heterocycles.